The Hall–Kier alpha value is -1.61. The van der Waals surface area contributed by atoms with Crippen molar-refractivity contribution in [3.05, 3.63) is 70.3 Å². The zero-order chi connectivity index (χ0) is 19.8. The molecular formula is C24H32O2S. The molecule has 2 nitrogen and oxygen atoms in total. The summed E-state index contributed by atoms with van der Waals surface area (Å²) in [5, 5.41) is -0.329. The van der Waals surface area contributed by atoms with Gasteiger partial charge in [0.2, 0.25) is 0 Å². The van der Waals surface area contributed by atoms with Gasteiger partial charge >= 0.3 is 0 Å². The first kappa shape index (κ1) is 20.1. The Bertz CT molecular complexity index is 894. The van der Waals surface area contributed by atoms with Gasteiger partial charge in [-0.05, 0) is 72.3 Å². The second kappa shape index (κ2) is 7.79. The molecule has 2 aromatic rings. The molecule has 0 aromatic heterocycles. The van der Waals surface area contributed by atoms with E-state index in [1.165, 1.54) is 22.3 Å². The predicted octanol–water partition coefficient (Wildman–Crippen LogP) is 5.65. The van der Waals surface area contributed by atoms with Crippen molar-refractivity contribution in [1.82, 2.24) is 0 Å². The van der Waals surface area contributed by atoms with Gasteiger partial charge in [-0.2, -0.15) is 0 Å². The van der Waals surface area contributed by atoms with Crippen LogP contribution in [0, 0.1) is 5.92 Å². The summed E-state index contributed by atoms with van der Waals surface area (Å²) in [6.45, 7) is 10.5. The Labute approximate surface area is 164 Å². The van der Waals surface area contributed by atoms with Crippen molar-refractivity contribution in [2.45, 2.75) is 70.3 Å². The molecule has 3 unspecified atom stereocenters. The van der Waals surface area contributed by atoms with Gasteiger partial charge in [0.25, 0.3) is 0 Å². The van der Waals surface area contributed by atoms with E-state index < -0.39 is 9.84 Å². The number of hydrogen-bond acceptors (Lipinski definition) is 2. The molecule has 0 heterocycles. The second-order valence-electron chi connectivity index (χ2n) is 8.57. The molecule has 0 amide bonds. The van der Waals surface area contributed by atoms with E-state index >= 15 is 0 Å². The Morgan fingerprint density at radius 1 is 0.778 bits per heavy atom. The maximum atomic E-state index is 12.1. The van der Waals surface area contributed by atoms with E-state index in [9.17, 15) is 8.42 Å². The van der Waals surface area contributed by atoms with Gasteiger partial charge in [-0.1, -0.05) is 63.2 Å². The van der Waals surface area contributed by atoms with E-state index in [1.54, 1.807) is 13.8 Å². The maximum absolute atomic E-state index is 12.1. The lowest BCUT2D eigenvalue weighted by molar-refractivity contribution is 0.464. The van der Waals surface area contributed by atoms with Crippen LogP contribution in [0.5, 0.6) is 0 Å². The van der Waals surface area contributed by atoms with Crippen LogP contribution in [0.3, 0.4) is 0 Å². The van der Waals surface area contributed by atoms with Gasteiger partial charge in [-0.15, -0.1) is 0 Å². The molecule has 1 aliphatic carbocycles. The minimum absolute atomic E-state index is 0.129. The summed E-state index contributed by atoms with van der Waals surface area (Å²) in [6.07, 6.45) is 2.00. The van der Waals surface area contributed by atoms with Crippen LogP contribution in [0.15, 0.2) is 42.5 Å². The largest absolute Gasteiger partial charge is 0.228 e. The highest BCUT2D eigenvalue weighted by molar-refractivity contribution is 7.91. The Kier molecular flexibility index (Phi) is 5.81. The van der Waals surface area contributed by atoms with Gasteiger partial charge in [-0.3, -0.25) is 0 Å². The van der Waals surface area contributed by atoms with Crippen LogP contribution >= 0.6 is 0 Å². The molecule has 0 saturated carbocycles. The SMILES string of the molecule is CC1c2ccc(CCc3ccc(CS(=O)(=O)C(C)C)cc3)cc2C(C)C1C. The summed E-state index contributed by atoms with van der Waals surface area (Å²) in [5.74, 6) is 2.13. The lowest BCUT2D eigenvalue weighted by Crippen LogP contribution is -2.15. The quantitative estimate of drug-likeness (QED) is 0.645. The summed E-state index contributed by atoms with van der Waals surface area (Å²) >= 11 is 0. The van der Waals surface area contributed by atoms with Crippen molar-refractivity contribution in [1.29, 1.82) is 0 Å². The minimum Gasteiger partial charge on any atom is -0.228 e. The van der Waals surface area contributed by atoms with Gasteiger partial charge < -0.3 is 0 Å². The molecule has 3 rings (SSSR count). The van der Waals surface area contributed by atoms with Gasteiger partial charge in [0.1, 0.15) is 0 Å². The molecule has 0 fully saturated rings. The molecule has 3 atom stereocenters. The molecule has 2 aromatic carbocycles. The number of rotatable bonds is 6. The fourth-order valence-corrected chi connectivity index (χ4v) is 5.07. The van der Waals surface area contributed by atoms with Crippen LogP contribution in [0.1, 0.15) is 74.3 Å². The molecule has 146 valence electrons. The molecule has 0 spiro atoms. The van der Waals surface area contributed by atoms with Gasteiger partial charge in [-0.25, -0.2) is 8.42 Å². The lowest BCUT2D eigenvalue weighted by atomic mass is 9.91. The third-order valence-electron chi connectivity index (χ3n) is 6.52. The van der Waals surface area contributed by atoms with E-state index in [1.807, 2.05) is 12.1 Å². The number of benzene rings is 2. The zero-order valence-electron chi connectivity index (χ0n) is 17.2. The molecule has 3 heteroatoms. The molecule has 0 radical (unpaired) electrons. The summed E-state index contributed by atoms with van der Waals surface area (Å²) < 4.78 is 24.1. The minimum atomic E-state index is -3.04. The average Bonchev–Trinajstić information content (AvgIpc) is 2.85. The molecule has 0 N–H and O–H groups in total. The fourth-order valence-electron chi connectivity index (χ4n) is 4.08. The van der Waals surface area contributed by atoms with Crippen LogP contribution in [0.4, 0.5) is 0 Å². The van der Waals surface area contributed by atoms with E-state index in [2.05, 4.69) is 51.1 Å². The lowest BCUT2D eigenvalue weighted by Gasteiger charge is -2.13. The van der Waals surface area contributed by atoms with Crippen molar-refractivity contribution in [2.75, 3.05) is 0 Å². The van der Waals surface area contributed by atoms with Crippen molar-refractivity contribution < 1.29 is 8.42 Å². The van der Waals surface area contributed by atoms with E-state index in [0.29, 0.717) is 17.8 Å². The Morgan fingerprint density at radius 2 is 1.30 bits per heavy atom. The molecule has 0 saturated heterocycles. The zero-order valence-corrected chi connectivity index (χ0v) is 18.0. The maximum Gasteiger partial charge on any atom is 0.156 e. The van der Waals surface area contributed by atoms with Gasteiger partial charge in [0.15, 0.2) is 9.84 Å². The third kappa shape index (κ3) is 4.29. The van der Waals surface area contributed by atoms with E-state index in [4.69, 9.17) is 0 Å². The monoisotopic (exact) mass is 384 g/mol. The fraction of sp³-hybridized carbons (Fsp3) is 0.500. The van der Waals surface area contributed by atoms with Crippen LogP contribution in [0.2, 0.25) is 0 Å². The third-order valence-corrected chi connectivity index (χ3v) is 8.69. The smallest absolute Gasteiger partial charge is 0.156 e. The van der Waals surface area contributed by atoms with Crippen LogP contribution in [-0.4, -0.2) is 13.7 Å². The highest BCUT2D eigenvalue weighted by Gasteiger charge is 2.32. The van der Waals surface area contributed by atoms with Crippen molar-refractivity contribution in [2.24, 2.45) is 5.92 Å². The van der Waals surface area contributed by atoms with Crippen molar-refractivity contribution in [3.8, 4) is 0 Å². The summed E-state index contributed by atoms with van der Waals surface area (Å²) in [7, 11) is -3.04. The molecule has 1 aliphatic rings. The van der Waals surface area contributed by atoms with Crippen LogP contribution < -0.4 is 0 Å². The first-order valence-corrected chi connectivity index (χ1v) is 11.8. The van der Waals surface area contributed by atoms with Crippen molar-refractivity contribution in [3.63, 3.8) is 0 Å². The van der Waals surface area contributed by atoms with Crippen LogP contribution in [-0.2, 0) is 28.4 Å². The van der Waals surface area contributed by atoms with E-state index in [0.717, 1.165) is 18.4 Å². The second-order valence-corrected chi connectivity index (χ2v) is 11.1. The van der Waals surface area contributed by atoms with Gasteiger partial charge in [0, 0.05) is 0 Å². The summed E-state index contributed by atoms with van der Waals surface area (Å²) in [4.78, 5) is 0. The number of sulfone groups is 1. The summed E-state index contributed by atoms with van der Waals surface area (Å²) in [5.41, 5.74) is 6.59. The standard InChI is InChI=1S/C24H32O2S/c1-16(2)27(25,26)15-22-10-7-20(8-11-22)6-9-21-12-13-23-18(4)17(3)19(5)24(23)14-21/h7-8,10-14,16-19H,6,9,15H2,1-5H3. The highest BCUT2D eigenvalue weighted by Crippen LogP contribution is 2.46. The first-order valence-electron chi connectivity index (χ1n) is 10.1. The highest BCUT2D eigenvalue weighted by atomic mass is 32.2. The first-order chi connectivity index (χ1) is 12.7. The Morgan fingerprint density at radius 3 is 1.93 bits per heavy atom. The van der Waals surface area contributed by atoms with Crippen LogP contribution in [0.25, 0.3) is 0 Å². The number of hydrogen-bond donors (Lipinski definition) is 0. The number of aryl methyl sites for hydroxylation is 2. The molecular weight excluding hydrogens is 352 g/mol. The average molecular weight is 385 g/mol. The van der Waals surface area contributed by atoms with Crippen molar-refractivity contribution >= 4 is 9.84 Å². The number of fused-ring (bicyclic) bond motifs is 1. The molecule has 0 bridgehead atoms. The molecule has 27 heavy (non-hydrogen) atoms. The van der Waals surface area contributed by atoms with Gasteiger partial charge in [0.05, 0.1) is 11.0 Å². The molecule has 0 aliphatic heterocycles. The summed E-state index contributed by atoms with van der Waals surface area (Å²) in [6, 6.07) is 15.1. The Balaban J connectivity index is 1.65. The predicted molar refractivity (Wildman–Crippen MR) is 114 cm³/mol. The normalized spacial score (nSPS) is 22.2. The topological polar surface area (TPSA) is 34.1 Å². The van der Waals surface area contributed by atoms with E-state index in [-0.39, 0.29) is 11.0 Å².